The van der Waals surface area contributed by atoms with Crippen LogP contribution in [-0.4, -0.2) is 44.2 Å². The van der Waals surface area contributed by atoms with Crippen molar-refractivity contribution in [1.82, 2.24) is 19.7 Å². The standard InChI is InChI=1S/C27H34N6O4/c1-17(2)10-26(34)33(16-19-6-7-19)24-14-29-25(15-28-24)37-22-12-20(11-21(13-22)36-18(3)4)27(35)30-23-8-9-32(5)31-23/h8-9,11-15,17-19H,6-7,10,16H2,1-5H3,(H,30,31,35). The fourth-order valence-electron chi connectivity index (χ4n) is 3.74. The Morgan fingerprint density at radius 3 is 2.46 bits per heavy atom. The van der Waals surface area contributed by atoms with Crippen LogP contribution in [0.1, 0.15) is 57.3 Å². The number of nitrogens with one attached hydrogen (secondary N) is 1. The maximum absolute atomic E-state index is 12.9. The summed E-state index contributed by atoms with van der Waals surface area (Å²) < 4.78 is 13.4. The maximum Gasteiger partial charge on any atom is 0.257 e. The molecule has 10 heteroatoms. The van der Waals surface area contributed by atoms with Crippen molar-refractivity contribution in [3.05, 3.63) is 48.4 Å². The molecule has 0 radical (unpaired) electrons. The van der Waals surface area contributed by atoms with E-state index >= 15 is 0 Å². The van der Waals surface area contributed by atoms with Crippen molar-refractivity contribution in [2.45, 2.75) is 53.1 Å². The zero-order chi connectivity index (χ0) is 26.5. The van der Waals surface area contributed by atoms with Crippen LogP contribution in [0.2, 0.25) is 0 Å². The molecule has 2 heterocycles. The number of rotatable bonds is 11. The van der Waals surface area contributed by atoms with Crippen LogP contribution in [0, 0.1) is 11.8 Å². The molecule has 196 valence electrons. The molecule has 37 heavy (non-hydrogen) atoms. The van der Waals surface area contributed by atoms with Crippen molar-refractivity contribution in [3.63, 3.8) is 0 Å². The molecule has 3 aromatic rings. The van der Waals surface area contributed by atoms with Crippen LogP contribution in [0.3, 0.4) is 0 Å². The summed E-state index contributed by atoms with van der Waals surface area (Å²) in [5, 5.41) is 6.95. The highest BCUT2D eigenvalue weighted by Crippen LogP contribution is 2.32. The summed E-state index contributed by atoms with van der Waals surface area (Å²) in [6.45, 7) is 8.51. The van der Waals surface area contributed by atoms with Gasteiger partial charge in [-0.05, 0) is 50.7 Å². The topological polar surface area (TPSA) is 111 Å². The van der Waals surface area contributed by atoms with Crippen LogP contribution in [0.15, 0.2) is 42.9 Å². The van der Waals surface area contributed by atoms with Gasteiger partial charge in [-0.1, -0.05) is 13.8 Å². The molecule has 0 spiro atoms. The van der Waals surface area contributed by atoms with Crippen LogP contribution < -0.4 is 19.7 Å². The fraction of sp³-hybridized carbons (Fsp3) is 0.444. The number of ether oxygens (including phenoxy) is 2. The molecule has 0 saturated heterocycles. The Hall–Kier alpha value is -3.95. The van der Waals surface area contributed by atoms with Gasteiger partial charge < -0.3 is 14.8 Å². The van der Waals surface area contributed by atoms with Gasteiger partial charge in [0.2, 0.25) is 11.8 Å². The number of anilines is 2. The van der Waals surface area contributed by atoms with Crippen LogP contribution in [0.5, 0.6) is 17.4 Å². The van der Waals surface area contributed by atoms with Crippen LogP contribution in [0.25, 0.3) is 0 Å². The van der Waals surface area contributed by atoms with Crippen LogP contribution >= 0.6 is 0 Å². The number of amides is 2. The first-order chi connectivity index (χ1) is 17.7. The molecule has 1 fully saturated rings. The lowest BCUT2D eigenvalue weighted by Crippen LogP contribution is -2.34. The molecule has 0 unspecified atom stereocenters. The summed E-state index contributed by atoms with van der Waals surface area (Å²) in [4.78, 5) is 36.3. The van der Waals surface area contributed by atoms with Gasteiger partial charge in [-0.15, -0.1) is 0 Å². The molecule has 1 aliphatic rings. The number of hydrogen-bond acceptors (Lipinski definition) is 7. The van der Waals surface area contributed by atoms with Crippen LogP contribution in [-0.2, 0) is 11.8 Å². The molecule has 10 nitrogen and oxygen atoms in total. The smallest absolute Gasteiger partial charge is 0.257 e. The lowest BCUT2D eigenvalue weighted by atomic mass is 10.1. The van der Waals surface area contributed by atoms with Crippen molar-refractivity contribution >= 4 is 23.5 Å². The number of aromatic nitrogens is 4. The summed E-state index contributed by atoms with van der Waals surface area (Å²) >= 11 is 0. The molecule has 2 amide bonds. The Morgan fingerprint density at radius 2 is 1.86 bits per heavy atom. The molecule has 2 aromatic heterocycles. The van der Waals surface area contributed by atoms with Gasteiger partial charge in [-0.3, -0.25) is 19.2 Å². The van der Waals surface area contributed by atoms with Crippen molar-refractivity contribution in [2.75, 3.05) is 16.8 Å². The van der Waals surface area contributed by atoms with Gasteiger partial charge in [0.25, 0.3) is 5.91 Å². The van der Waals surface area contributed by atoms with E-state index in [4.69, 9.17) is 9.47 Å². The lowest BCUT2D eigenvalue weighted by molar-refractivity contribution is -0.119. The van der Waals surface area contributed by atoms with Gasteiger partial charge in [0.15, 0.2) is 11.6 Å². The summed E-state index contributed by atoms with van der Waals surface area (Å²) in [7, 11) is 1.77. The Morgan fingerprint density at radius 1 is 1.11 bits per heavy atom. The maximum atomic E-state index is 12.9. The van der Waals surface area contributed by atoms with Gasteiger partial charge in [0, 0.05) is 43.9 Å². The SMILES string of the molecule is CC(C)CC(=O)N(CC1CC1)c1cnc(Oc2cc(OC(C)C)cc(C(=O)Nc3ccn(C)n3)c2)cn1. The first-order valence-corrected chi connectivity index (χ1v) is 12.6. The van der Waals surface area contributed by atoms with E-state index in [0.29, 0.717) is 47.6 Å². The Kier molecular flexibility index (Phi) is 8.05. The van der Waals surface area contributed by atoms with E-state index in [1.807, 2.05) is 27.7 Å². The average molecular weight is 507 g/mol. The van der Waals surface area contributed by atoms with Gasteiger partial charge in [-0.25, -0.2) is 9.97 Å². The van der Waals surface area contributed by atoms with E-state index in [0.717, 1.165) is 12.8 Å². The summed E-state index contributed by atoms with van der Waals surface area (Å²) in [6.07, 6.45) is 7.41. The third-order valence-electron chi connectivity index (χ3n) is 5.60. The second kappa shape index (κ2) is 11.4. The van der Waals surface area contributed by atoms with Crippen molar-refractivity contribution in [1.29, 1.82) is 0 Å². The van der Waals surface area contributed by atoms with E-state index in [2.05, 4.69) is 20.4 Å². The monoisotopic (exact) mass is 506 g/mol. The van der Waals surface area contributed by atoms with Crippen molar-refractivity contribution in [3.8, 4) is 17.4 Å². The number of hydrogen-bond donors (Lipinski definition) is 1. The van der Waals surface area contributed by atoms with Gasteiger partial charge >= 0.3 is 0 Å². The second-order valence-electron chi connectivity index (χ2n) is 10.0. The third-order valence-corrected chi connectivity index (χ3v) is 5.60. The minimum absolute atomic E-state index is 0.0481. The Labute approximate surface area is 217 Å². The number of carbonyl (C=O) groups is 2. The highest BCUT2D eigenvalue weighted by Gasteiger charge is 2.28. The lowest BCUT2D eigenvalue weighted by Gasteiger charge is -2.22. The zero-order valence-electron chi connectivity index (χ0n) is 22.0. The summed E-state index contributed by atoms with van der Waals surface area (Å²) in [5.74, 6) is 2.53. The molecule has 1 aliphatic carbocycles. The highest BCUT2D eigenvalue weighted by molar-refractivity contribution is 6.04. The number of aryl methyl sites for hydroxylation is 1. The molecular weight excluding hydrogens is 472 g/mol. The van der Waals surface area contributed by atoms with E-state index in [1.54, 1.807) is 53.3 Å². The Balaban J connectivity index is 1.52. The minimum Gasteiger partial charge on any atom is -0.491 e. The molecule has 4 rings (SSSR count). The zero-order valence-corrected chi connectivity index (χ0v) is 22.0. The van der Waals surface area contributed by atoms with E-state index in [-0.39, 0.29) is 29.7 Å². The highest BCUT2D eigenvalue weighted by atomic mass is 16.5. The summed E-state index contributed by atoms with van der Waals surface area (Å²) in [5.41, 5.74) is 0.346. The number of nitrogens with zero attached hydrogens (tertiary/aromatic N) is 5. The molecule has 1 saturated carbocycles. The van der Waals surface area contributed by atoms with Crippen molar-refractivity contribution < 1.29 is 19.1 Å². The normalized spacial score (nSPS) is 13.1. The second-order valence-corrected chi connectivity index (χ2v) is 10.0. The molecule has 1 N–H and O–H groups in total. The minimum atomic E-state index is -0.349. The van der Waals surface area contributed by atoms with E-state index in [1.165, 1.54) is 6.20 Å². The summed E-state index contributed by atoms with van der Waals surface area (Å²) in [6, 6.07) is 6.65. The quantitative estimate of drug-likeness (QED) is 0.396. The van der Waals surface area contributed by atoms with E-state index < -0.39 is 0 Å². The third kappa shape index (κ3) is 7.52. The average Bonchev–Trinajstić information content (AvgIpc) is 3.56. The number of carbonyl (C=O) groups excluding carboxylic acids is 2. The van der Waals surface area contributed by atoms with Gasteiger partial charge in [-0.2, -0.15) is 5.10 Å². The van der Waals surface area contributed by atoms with Crippen LogP contribution in [0.4, 0.5) is 11.6 Å². The van der Waals surface area contributed by atoms with Gasteiger partial charge in [0.1, 0.15) is 11.5 Å². The first kappa shape index (κ1) is 26.1. The molecule has 0 aliphatic heterocycles. The molecule has 1 aromatic carbocycles. The van der Waals surface area contributed by atoms with E-state index in [9.17, 15) is 9.59 Å². The predicted molar refractivity (Wildman–Crippen MR) is 140 cm³/mol. The first-order valence-electron chi connectivity index (χ1n) is 12.6. The Bertz CT molecular complexity index is 1230. The largest absolute Gasteiger partial charge is 0.491 e. The van der Waals surface area contributed by atoms with Gasteiger partial charge in [0.05, 0.1) is 18.5 Å². The molecular formula is C27H34N6O4. The molecule has 0 bridgehead atoms. The predicted octanol–water partition coefficient (Wildman–Crippen LogP) is 4.83. The van der Waals surface area contributed by atoms with Crippen molar-refractivity contribution in [2.24, 2.45) is 18.9 Å². The molecule has 0 atom stereocenters. The fourth-order valence-corrected chi connectivity index (χ4v) is 3.74. The number of benzene rings is 1.